The van der Waals surface area contributed by atoms with E-state index in [1.165, 1.54) is 51.4 Å². The zero-order chi connectivity index (χ0) is 13.0. The molecule has 0 atom stereocenters. The van der Waals surface area contributed by atoms with Gasteiger partial charge in [0.1, 0.15) is 0 Å². The van der Waals surface area contributed by atoms with Gasteiger partial charge in [0, 0.05) is 12.1 Å². The van der Waals surface area contributed by atoms with Crippen LogP contribution in [0.15, 0.2) is 0 Å². The fraction of sp³-hybridized carbons (Fsp3) is 1.00. The summed E-state index contributed by atoms with van der Waals surface area (Å²) in [5.74, 6) is 0. The lowest BCUT2D eigenvalue weighted by Crippen LogP contribution is -2.27. The van der Waals surface area contributed by atoms with Crippen molar-refractivity contribution in [1.82, 2.24) is 8.61 Å². The van der Waals surface area contributed by atoms with E-state index in [-0.39, 0.29) is 0 Å². The van der Waals surface area contributed by atoms with Crippen LogP contribution in [0.25, 0.3) is 0 Å². The van der Waals surface area contributed by atoms with Crippen molar-refractivity contribution in [3.63, 3.8) is 0 Å². The van der Waals surface area contributed by atoms with Crippen LogP contribution in [0.5, 0.6) is 0 Å². The molecule has 106 valence electrons. The summed E-state index contributed by atoms with van der Waals surface area (Å²) in [5, 5.41) is 0. The van der Waals surface area contributed by atoms with E-state index >= 15 is 0 Å². The standard InChI is InChI=1S/C14H28N2S2/c1-12(17-15(2)13-8-4-5-9-13)18-16(3)14-10-6-7-11-14/h12-14H,4-11H2,1-3H3. The molecule has 2 rings (SSSR count). The fourth-order valence-electron chi connectivity index (χ4n) is 3.20. The van der Waals surface area contributed by atoms with Crippen LogP contribution in [-0.2, 0) is 0 Å². The van der Waals surface area contributed by atoms with E-state index in [4.69, 9.17) is 0 Å². The normalized spacial score (nSPS) is 23.0. The zero-order valence-electron chi connectivity index (χ0n) is 12.1. The third-order valence-electron chi connectivity index (χ3n) is 4.31. The van der Waals surface area contributed by atoms with Gasteiger partial charge in [-0.25, -0.2) is 8.61 Å². The molecule has 0 aliphatic heterocycles. The second-order valence-corrected chi connectivity index (χ2v) is 9.03. The predicted molar refractivity (Wildman–Crippen MR) is 84.7 cm³/mol. The summed E-state index contributed by atoms with van der Waals surface area (Å²) in [4.78, 5) is 0. The molecule has 0 saturated heterocycles. The van der Waals surface area contributed by atoms with Crippen LogP contribution in [0.4, 0.5) is 0 Å². The molecule has 18 heavy (non-hydrogen) atoms. The highest BCUT2D eigenvalue weighted by atomic mass is 32.2. The SMILES string of the molecule is CC(SN(C)C1CCCC1)SN(C)C1CCCC1. The van der Waals surface area contributed by atoms with Crippen LogP contribution in [0.1, 0.15) is 58.3 Å². The maximum absolute atomic E-state index is 2.52. The molecule has 0 N–H and O–H groups in total. The van der Waals surface area contributed by atoms with E-state index < -0.39 is 0 Å². The molecule has 0 amide bonds. The number of hydrogen-bond donors (Lipinski definition) is 0. The Kier molecular flexibility index (Phi) is 6.19. The molecule has 0 unspecified atom stereocenters. The van der Waals surface area contributed by atoms with Gasteiger partial charge in [0.05, 0.1) is 4.58 Å². The summed E-state index contributed by atoms with van der Waals surface area (Å²) in [6.07, 6.45) is 11.3. The lowest BCUT2D eigenvalue weighted by atomic mass is 10.3. The van der Waals surface area contributed by atoms with Gasteiger partial charge < -0.3 is 0 Å². The first kappa shape index (κ1) is 15.0. The fourth-order valence-corrected chi connectivity index (χ4v) is 5.87. The van der Waals surface area contributed by atoms with Crippen LogP contribution in [0, 0.1) is 0 Å². The van der Waals surface area contributed by atoms with Gasteiger partial charge in [0.25, 0.3) is 0 Å². The van der Waals surface area contributed by atoms with Gasteiger partial charge in [0.2, 0.25) is 0 Å². The first-order valence-electron chi connectivity index (χ1n) is 7.46. The first-order valence-corrected chi connectivity index (χ1v) is 9.13. The van der Waals surface area contributed by atoms with Crippen molar-refractivity contribution in [2.45, 2.75) is 75.0 Å². The Hall–Kier alpha value is 0.620. The van der Waals surface area contributed by atoms with E-state index in [0.717, 1.165) is 12.1 Å². The maximum atomic E-state index is 2.52. The monoisotopic (exact) mass is 288 g/mol. The Morgan fingerprint density at radius 2 is 1.11 bits per heavy atom. The summed E-state index contributed by atoms with van der Waals surface area (Å²) in [6.45, 7) is 2.35. The molecule has 0 bridgehead atoms. The molecule has 0 heterocycles. The molecule has 0 aromatic rings. The molecule has 2 nitrogen and oxygen atoms in total. The highest BCUT2D eigenvalue weighted by Gasteiger charge is 2.25. The van der Waals surface area contributed by atoms with E-state index in [1.54, 1.807) is 0 Å². The molecular weight excluding hydrogens is 260 g/mol. The van der Waals surface area contributed by atoms with Crippen molar-refractivity contribution >= 4 is 23.9 Å². The van der Waals surface area contributed by atoms with Crippen molar-refractivity contribution in [1.29, 1.82) is 0 Å². The average molecular weight is 289 g/mol. The third kappa shape index (κ3) is 4.32. The highest BCUT2D eigenvalue weighted by Crippen LogP contribution is 2.36. The minimum atomic E-state index is 0.640. The van der Waals surface area contributed by atoms with Crippen molar-refractivity contribution < 1.29 is 0 Å². The molecule has 0 aromatic heterocycles. The topological polar surface area (TPSA) is 6.48 Å². The second kappa shape index (κ2) is 7.41. The maximum Gasteiger partial charge on any atom is 0.0768 e. The van der Waals surface area contributed by atoms with Gasteiger partial charge in [-0.1, -0.05) is 49.6 Å². The van der Waals surface area contributed by atoms with Gasteiger partial charge in [-0.3, -0.25) is 0 Å². The molecule has 4 heteroatoms. The number of nitrogens with zero attached hydrogens (tertiary/aromatic N) is 2. The number of rotatable bonds is 6. The molecule has 2 aliphatic carbocycles. The average Bonchev–Trinajstić information content (AvgIpc) is 3.02. The van der Waals surface area contributed by atoms with Gasteiger partial charge in [0.15, 0.2) is 0 Å². The second-order valence-electron chi connectivity index (χ2n) is 5.75. The van der Waals surface area contributed by atoms with Crippen molar-refractivity contribution in [3.05, 3.63) is 0 Å². The van der Waals surface area contributed by atoms with Gasteiger partial charge in [-0.2, -0.15) is 0 Å². The van der Waals surface area contributed by atoms with Crippen LogP contribution < -0.4 is 0 Å². The van der Waals surface area contributed by atoms with Gasteiger partial charge >= 0.3 is 0 Å². The minimum Gasteiger partial charge on any atom is -0.250 e. The quantitative estimate of drug-likeness (QED) is 0.528. The van der Waals surface area contributed by atoms with Crippen molar-refractivity contribution in [2.75, 3.05) is 14.1 Å². The summed E-state index contributed by atoms with van der Waals surface area (Å²) < 4.78 is 5.68. The van der Waals surface area contributed by atoms with E-state index in [0.29, 0.717) is 4.58 Å². The number of hydrogen-bond acceptors (Lipinski definition) is 4. The molecule has 2 fully saturated rings. The van der Waals surface area contributed by atoms with Crippen LogP contribution in [0.2, 0.25) is 0 Å². The first-order chi connectivity index (χ1) is 8.66. The lowest BCUT2D eigenvalue weighted by Gasteiger charge is -2.29. The zero-order valence-corrected chi connectivity index (χ0v) is 13.7. The molecule has 2 aliphatic rings. The summed E-state index contributed by atoms with van der Waals surface area (Å²) >= 11 is 4.08. The molecule has 0 radical (unpaired) electrons. The minimum absolute atomic E-state index is 0.640. The Balaban J connectivity index is 1.68. The van der Waals surface area contributed by atoms with E-state index in [9.17, 15) is 0 Å². The Labute approximate surface area is 122 Å². The smallest absolute Gasteiger partial charge is 0.0768 e. The van der Waals surface area contributed by atoms with Crippen LogP contribution in [-0.4, -0.2) is 39.4 Å². The van der Waals surface area contributed by atoms with E-state index in [2.05, 4.69) is 29.6 Å². The lowest BCUT2D eigenvalue weighted by molar-refractivity contribution is 0.410. The summed E-state index contributed by atoms with van der Waals surface area (Å²) in [5.41, 5.74) is 0. The Bertz CT molecular complexity index is 214. The summed E-state index contributed by atoms with van der Waals surface area (Å²) in [6, 6.07) is 1.66. The Morgan fingerprint density at radius 1 is 0.778 bits per heavy atom. The molecular formula is C14H28N2S2. The van der Waals surface area contributed by atoms with E-state index in [1.807, 2.05) is 23.9 Å². The van der Waals surface area contributed by atoms with Gasteiger partial charge in [-0.05, 0) is 46.7 Å². The molecule has 2 saturated carbocycles. The predicted octanol–water partition coefficient (Wildman–Crippen LogP) is 4.38. The third-order valence-corrected chi connectivity index (χ3v) is 6.68. The van der Waals surface area contributed by atoms with Gasteiger partial charge in [-0.15, -0.1) is 0 Å². The Morgan fingerprint density at radius 3 is 1.44 bits per heavy atom. The van der Waals surface area contributed by atoms with Crippen LogP contribution in [0.3, 0.4) is 0 Å². The highest BCUT2D eigenvalue weighted by molar-refractivity contribution is 8.14. The molecule has 0 aromatic carbocycles. The van der Waals surface area contributed by atoms with Crippen molar-refractivity contribution in [2.24, 2.45) is 0 Å². The largest absolute Gasteiger partial charge is 0.250 e. The van der Waals surface area contributed by atoms with Crippen molar-refractivity contribution in [3.8, 4) is 0 Å². The molecule has 0 spiro atoms. The summed E-state index contributed by atoms with van der Waals surface area (Å²) in [7, 11) is 4.57. The van der Waals surface area contributed by atoms with Crippen LogP contribution >= 0.6 is 23.9 Å².